The second-order valence-electron chi connectivity index (χ2n) is 14.0. The van der Waals surface area contributed by atoms with Gasteiger partial charge in [0.2, 0.25) is 35.4 Å². The fourth-order valence-corrected chi connectivity index (χ4v) is 6.38. The largest absolute Gasteiger partial charge is 0.394 e. The van der Waals surface area contributed by atoms with Crippen molar-refractivity contribution < 1.29 is 63.5 Å². The highest BCUT2D eigenvalue weighted by Gasteiger charge is 2.44. The Morgan fingerprint density at radius 2 is 1.42 bits per heavy atom. The van der Waals surface area contributed by atoms with Gasteiger partial charge in [0.05, 0.1) is 57.3 Å². The highest BCUT2D eigenvalue weighted by atomic mass is 16.7. The number of rotatable bonds is 17. The summed E-state index contributed by atoms with van der Waals surface area (Å²) in [5.41, 5.74) is 4.14. The molecule has 1 aromatic heterocycles. The van der Waals surface area contributed by atoms with Crippen molar-refractivity contribution in [3.63, 3.8) is 0 Å². The third kappa shape index (κ3) is 11.3. The number of hydrogen-bond donors (Lipinski definition) is 9. The molecule has 0 spiro atoms. The minimum atomic E-state index is -1.83. The number of benzene rings is 2. The van der Waals surface area contributed by atoms with E-state index < -0.39 is 111 Å². The molecule has 2 aliphatic rings. The van der Waals surface area contributed by atoms with Crippen LogP contribution in [0.3, 0.4) is 0 Å². The van der Waals surface area contributed by atoms with E-state index in [1.807, 2.05) is 36.4 Å². The number of ether oxygens (including phenoxy) is 2. The first-order chi connectivity index (χ1) is 28.7. The SMILES string of the molecule is CC(=O)CNC(=O)CNC(=O)CNC(=O)CNC(=O)[C@H](CO[C@@H]1OC(CO)[C@@H](O)C(O)C1O)NC(=O)CCC(=O)N1Cc2ccccc2-c2c(nnn2C)-c2ccccc21. The van der Waals surface area contributed by atoms with Crippen molar-refractivity contribution in [1.82, 2.24) is 41.6 Å². The van der Waals surface area contributed by atoms with E-state index in [0.29, 0.717) is 16.9 Å². The highest BCUT2D eigenvalue weighted by molar-refractivity contribution is 6.01. The number of aromatic nitrogens is 3. The quantitative estimate of drug-likeness (QED) is 0.0629. The standard InChI is InChI=1S/C38H47N9O13/c1-20(49)13-39-28(51)14-40-29(52)15-41-30(53)16-42-37(58)24(19-59-38-36(57)35(56)34(55)26(18-48)60-38)43-27(50)11-12-31(54)47-17-21-7-3-4-8-22(21)33-32(44-45-46(33)2)23-9-5-6-10-25(23)47/h3-10,24,26,34-36,38,48,55-57H,11-19H2,1-2H3,(H,39,51)(H,40,52)(H,41,53)(H,42,58)(H,43,50)/t24-,26?,34+,35?,36?,38+/m0/s1. The Kier molecular flexibility index (Phi) is 15.5. The van der Waals surface area contributed by atoms with Crippen molar-refractivity contribution in [1.29, 1.82) is 0 Å². The third-order valence-electron chi connectivity index (χ3n) is 9.52. The summed E-state index contributed by atoms with van der Waals surface area (Å²) in [6.45, 7) is -2.00. The number of aliphatic hydroxyl groups excluding tert-OH is 4. The maximum Gasteiger partial charge on any atom is 0.245 e. The number of amides is 6. The molecule has 0 saturated carbocycles. The van der Waals surface area contributed by atoms with E-state index in [4.69, 9.17) is 9.47 Å². The van der Waals surface area contributed by atoms with Gasteiger partial charge >= 0.3 is 0 Å². The minimum absolute atomic E-state index is 0.149. The Balaban J connectivity index is 1.23. The molecule has 1 saturated heterocycles. The Hall–Kier alpha value is -6.17. The fourth-order valence-electron chi connectivity index (χ4n) is 6.38. The number of nitrogens with one attached hydrogen (secondary N) is 5. The molecule has 2 aliphatic heterocycles. The molecule has 0 radical (unpaired) electrons. The number of ketones is 1. The minimum Gasteiger partial charge on any atom is -0.394 e. The third-order valence-corrected chi connectivity index (χ3v) is 9.52. The molecule has 322 valence electrons. The van der Waals surface area contributed by atoms with Gasteiger partial charge in [0.15, 0.2) is 6.29 Å². The zero-order valence-electron chi connectivity index (χ0n) is 32.7. The van der Waals surface area contributed by atoms with Crippen molar-refractivity contribution >= 4 is 46.9 Å². The topological polar surface area (TPSA) is 313 Å². The number of aliphatic hydroxyl groups is 4. The van der Waals surface area contributed by atoms with Crippen molar-refractivity contribution in [2.24, 2.45) is 7.05 Å². The zero-order chi connectivity index (χ0) is 43.5. The first kappa shape index (κ1) is 44.9. The summed E-state index contributed by atoms with van der Waals surface area (Å²) in [5, 5.41) is 60.4. The van der Waals surface area contributed by atoms with Gasteiger partial charge in [0, 0.05) is 31.0 Å². The Morgan fingerprint density at radius 1 is 0.800 bits per heavy atom. The maximum atomic E-state index is 14.0. The van der Waals surface area contributed by atoms with Gasteiger partial charge in [-0.25, -0.2) is 4.68 Å². The number of carbonyl (C=O) groups excluding carboxylic acids is 7. The lowest BCUT2D eigenvalue weighted by Crippen LogP contribution is -2.60. The van der Waals surface area contributed by atoms with Crippen molar-refractivity contribution in [2.45, 2.75) is 63.1 Å². The molecule has 22 nitrogen and oxygen atoms in total. The van der Waals surface area contributed by atoms with Crippen LogP contribution in [0.25, 0.3) is 22.5 Å². The van der Waals surface area contributed by atoms with Crippen LogP contribution in [0.5, 0.6) is 0 Å². The summed E-state index contributed by atoms with van der Waals surface area (Å²) in [6, 6.07) is 13.1. The second-order valence-corrected chi connectivity index (χ2v) is 14.0. The molecule has 0 bridgehead atoms. The van der Waals surface area contributed by atoms with Crippen LogP contribution in [-0.2, 0) is 56.6 Å². The molecule has 3 heterocycles. The Labute approximate surface area is 342 Å². The van der Waals surface area contributed by atoms with Crippen molar-refractivity contribution in [3.8, 4) is 22.5 Å². The van der Waals surface area contributed by atoms with Gasteiger partial charge in [0.25, 0.3) is 0 Å². The van der Waals surface area contributed by atoms with Gasteiger partial charge in [-0.15, -0.1) is 5.10 Å². The number of Topliss-reactive ketones (excluding diaryl/α,β-unsaturated/α-hetero) is 1. The van der Waals surface area contributed by atoms with E-state index in [9.17, 15) is 54.0 Å². The molecule has 0 aliphatic carbocycles. The number of anilines is 1. The van der Waals surface area contributed by atoms with Crippen LogP contribution < -0.4 is 31.5 Å². The van der Waals surface area contributed by atoms with Crippen molar-refractivity contribution in [3.05, 3.63) is 54.1 Å². The van der Waals surface area contributed by atoms with Crippen LogP contribution in [0.1, 0.15) is 25.3 Å². The van der Waals surface area contributed by atoms with Crippen LogP contribution in [0, 0.1) is 0 Å². The number of para-hydroxylation sites is 1. The predicted octanol–water partition coefficient (Wildman–Crippen LogP) is -3.87. The summed E-state index contributed by atoms with van der Waals surface area (Å²) in [7, 11) is 1.78. The van der Waals surface area contributed by atoms with E-state index in [-0.39, 0.29) is 25.3 Å². The second kappa shape index (κ2) is 20.7. The first-order valence-corrected chi connectivity index (χ1v) is 18.8. The van der Waals surface area contributed by atoms with Gasteiger partial charge in [-0.1, -0.05) is 47.7 Å². The molecule has 6 amide bonds. The van der Waals surface area contributed by atoms with E-state index >= 15 is 0 Å². The summed E-state index contributed by atoms with van der Waals surface area (Å²) in [4.78, 5) is 89.5. The number of nitrogens with zero attached hydrogens (tertiary/aromatic N) is 4. The number of carbonyl (C=O) groups is 7. The Bertz CT molecular complexity index is 2080. The van der Waals surface area contributed by atoms with Crippen molar-refractivity contribution in [2.75, 3.05) is 44.3 Å². The Morgan fingerprint density at radius 3 is 2.08 bits per heavy atom. The summed E-state index contributed by atoms with van der Waals surface area (Å²) < 4.78 is 12.5. The first-order valence-electron chi connectivity index (χ1n) is 18.8. The lowest BCUT2D eigenvalue weighted by atomic mass is 9.95. The molecule has 2 aromatic carbocycles. The summed E-state index contributed by atoms with van der Waals surface area (Å²) in [6.07, 6.45) is -9.07. The number of hydrogen-bond acceptors (Lipinski definition) is 15. The highest BCUT2D eigenvalue weighted by Crippen LogP contribution is 2.40. The predicted molar refractivity (Wildman–Crippen MR) is 207 cm³/mol. The normalized spacial score (nSPS) is 19.8. The average Bonchev–Trinajstić information content (AvgIpc) is 3.62. The van der Waals surface area contributed by atoms with Crippen LogP contribution in [0.15, 0.2) is 48.5 Å². The molecule has 5 rings (SSSR count). The monoisotopic (exact) mass is 837 g/mol. The van der Waals surface area contributed by atoms with Gasteiger partial charge in [-0.2, -0.15) is 0 Å². The number of aryl methyl sites for hydroxylation is 1. The smallest absolute Gasteiger partial charge is 0.245 e. The van der Waals surface area contributed by atoms with E-state index in [2.05, 4.69) is 36.9 Å². The molecular formula is C38H47N9O13. The van der Waals surface area contributed by atoms with E-state index in [0.717, 1.165) is 16.8 Å². The molecular weight excluding hydrogens is 790 g/mol. The van der Waals surface area contributed by atoms with Crippen LogP contribution >= 0.6 is 0 Å². The van der Waals surface area contributed by atoms with Crippen LogP contribution in [0.4, 0.5) is 5.69 Å². The molecule has 3 aromatic rings. The molecule has 60 heavy (non-hydrogen) atoms. The molecule has 1 fully saturated rings. The molecule has 9 N–H and O–H groups in total. The van der Waals surface area contributed by atoms with Gasteiger partial charge in [-0.3, -0.25) is 33.6 Å². The molecule has 3 unspecified atom stereocenters. The lowest BCUT2D eigenvalue weighted by Gasteiger charge is -2.39. The summed E-state index contributed by atoms with van der Waals surface area (Å²) >= 11 is 0. The van der Waals surface area contributed by atoms with Gasteiger partial charge < -0.3 is 61.4 Å². The maximum absolute atomic E-state index is 14.0. The fraction of sp³-hybridized carbons (Fsp3) is 0.447. The van der Waals surface area contributed by atoms with E-state index in [1.54, 1.807) is 23.9 Å². The van der Waals surface area contributed by atoms with Gasteiger partial charge in [-0.05, 0) is 18.6 Å². The summed E-state index contributed by atoms with van der Waals surface area (Å²) in [5.74, 6) is -4.70. The average molecular weight is 838 g/mol. The van der Waals surface area contributed by atoms with Crippen LogP contribution in [-0.4, -0.2) is 153 Å². The zero-order valence-corrected chi connectivity index (χ0v) is 32.7. The molecule has 6 atom stereocenters. The van der Waals surface area contributed by atoms with Crippen LogP contribution in [0.2, 0.25) is 0 Å². The lowest BCUT2D eigenvalue weighted by molar-refractivity contribution is -0.301. The number of fused-ring (bicyclic) bond motifs is 5. The molecule has 22 heteroatoms. The van der Waals surface area contributed by atoms with E-state index in [1.165, 1.54) is 11.8 Å². The van der Waals surface area contributed by atoms with Gasteiger partial charge in [0.1, 0.15) is 41.9 Å².